The Morgan fingerprint density at radius 2 is 2.13 bits per heavy atom. The maximum Gasteiger partial charge on any atom is 0.0715 e. The van der Waals surface area contributed by atoms with Crippen molar-refractivity contribution in [2.75, 3.05) is 26.4 Å². The van der Waals surface area contributed by atoms with Gasteiger partial charge in [0.25, 0.3) is 0 Å². The Bertz CT molecular complexity index is 162. The van der Waals surface area contributed by atoms with Crippen molar-refractivity contribution >= 4 is 0 Å². The monoisotopic (exact) mass is 215 g/mol. The average Bonchev–Trinajstić information content (AvgIpc) is 2.59. The smallest absolute Gasteiger partial charge is 0.0715 e. The van der Waals surface area contributed by atoms with Gasteiger partial charge in [-0.15, -0.1) is 0 Å². The Kier molecular flexibility index (Phi) is 6.22. The highest BCUT2D eigenvalue weighted by Gasteiger charge is 2.24. The quantitative estimate of drug-likeness (QED) is 0.657. The second-order valence-electron chi connectivity index (χ2n) is 4.66. The van der Waals surface area contributed by atoms with E-state index in [-0.39, 0.29) is 0 Å². The van der Waals surface area contributed by atoms with Gasteiger partial charge in [0.15, 0.2) is 0 Å². The zero-order chi connectivity index (χ0) is 11.1. The molecule has 1 rings (SSSR count). The van der Waals surface area contributed by atoms with Gasteiger partial charge in [0.2, 0.25) is 0 Å². The standard InChI is InChI=1S/C12H25NO2/c1-4-14-5-6-15-12-8-11(13-9-12)7-10(2)3/h10-13H,4-9H2,1-3H3/t11-,12+/m0/s1. The van der Waals surface area contributed by atoms with Crippen LogP contribution in [0.25, 0.3) is 0 Å². The Morgan fingerprint density at radius 1 is 1.33 bits per heavy atom. The van der Waals surface area contributed by atoms with E-state index in [0.717, 1.165) is 38.7 Å². The highest BCUT2D eigenvalue weighted by molar-refractivity contribution is 4.82. The molecule has 0 bridgehead atoms. The number of nitrogens with one attached hydrogen (secondary N) is 1. The van der Waals surface area contributed by atoms with E-state index in [0.29, 0.717) is 12.1 Å². The molecule has 1 saturated heterocycles. The summed E-state index contributed by atoms with van der Waals surface area (Å²) in [5.74, 6) is 0.768. The molecule has 0 unspecified atom stereocenters. The maximum atomic E-state index is 5.73. The molecule has 0 aromatic carbocycles. The first-order chi connectivity index (χ1) is 7.22. The molecule has 1 aliphatic heterocycles. The third-order valence-corrected chi connectivity index (χ3v) is 2.72. The number of hydrogen-bond acceptors (Lipinski definition) is 3. The van der Waals surface area contributed by atoms with E-state index >= 15 is 0 Å². The third kappa shape index (κ3) is 5.50. The average molecular weight is 215 g/mol. The first-order valence-corrected chi connectivity index (χ1v) is 6.15. The first-order valence-electron chi connectivity index (χ1n) is 6.15. The molecular formula is C12H25NO2. The second kappa shape index (κ2) is 7.20. The fourth-order valence-electron chi connectivity index (χ4n) is 2.08. The normalized spacial score (nSPS) is 26.4. The molecule has 0 aromatic heterocycles. The van der Waals surface area contributed by atoms with Gasteiger partial charge in [-0.1, -0.05) is 13.8 Å². The molecule has 2 atom stereocenters. The van der Waals surface area contributed by atoms with Crippen LogP contribution in [-0.2, 0) is 9.47 Å². The molecule has 1 aliphatic rings. The van der Waals surface area contributed by atoms with Crippen molar-refractivity contribution in [3.05, 3.63) is 0 Å². The molecule has 3 nitrogen and oxygen atoms in total. The van der Waals surface area contributed by atoms with Crippen molar-refractivity contribution in [2.24, 2.45) is 5.92 Å². The van der Waals surface area contributed by atoms with Crippen LogP contribution in [0.1, 0.15) is 33.6 Å². The largest absolute Gasteiger partial charge is 0.379 e. The summed E-state index contributed by atoms with van der Waals surface area (Å²) in [6, 6.07) is 0.655. The maximum absolute atomic E-state index is 5.73. The van der Waals surface area contributed by atoms with Gasteiger partial charge in [-0.2, -0.15) is 0 Å². The number of rotatable bonds is 7. The van der Waals surface area contributed by atoms with Crippen molar-refractivity contribution in [1.82, 2.24) is 5.32 Å². The van der Waals surface area contributed by atoms with E-state index in [1.165, 1.54) is 6.42 Å². The molecule has 0 spiro atoms. The van der Waals surface area contributed by atoms with E-state index in [1.54, 1.807) is 0 Å². The van der Waals surface area contributed by atoms with Crippen LogP contribution in [-0.4, -0.2) is 38.5 Å². The minimum atomic E-state index is 0.397. The summed E-state index contributed by atoms with van der Waals surface area (Å²) in [7, 11) is 0. The van der Waals surface area contributed by atoms with Crippen molar-refractivity contribution in [3.63, 3.8) is 0 Å². The highest BCUT2D eigenvalue weighted by Crippen LogP contribution is 2.16. The van der Waals surface area contributed by atoms with Crippen molar-refractivity contribution < 1.29 is 9.47 Å². The van der Waals surface area contributed by atoms with Crippen LogP contribution < -0.4 is 5.32 Å². The lowest BCUT2D eigenvalue weighted by Crippen LogP contribution is -2.23. The van der Waals surface area contributed by atoms with E-state index < -0.39 is 0 Å². The van der Waals surface area contributed by atoms with Crippen LogP contribution in [0.4, 0.5) is 0 Å². The Morgan fingerprint density at radius 3 is 2.80 bits per heavy atom. The number of ether oxygens (including phenoxy) is 2. The SMILES string of the molecule is CCOCCO[C@H]1CN[C@@H](CC(C)C)C1. The van der Waals surface area contributed by atoms with Crippen molar-refractivity contribution in [1.29, 1.82) is 0 Å². The zero-order valence-electron chi connectivity index (χ0n) is 10.3. The van der Waals surface area contributed by atoms with Crippen LogP contribution in [0.5, 0.6) is 0 Å². The predicted molar refractivity (Wildman–Crippen MR) is 62.1 cm³/mol. The Balaban J connectivity index is 2.03. The summed E-state index contributed by atoms with van der Waals surface area (Å²) < 4.78 is 11.0. The van der Waals surface area contributed by atoms with Gasteiger partial charge in [-0.25, -0.2) is 0 Å². The van der Waals surface area contributed by atoms with Crippen molar-refractivity contribution in [3.8, 4) is 0 Å². The molecule has 15 heavy (non-hydrogen) atoms. The summed E-state index contributed by atoms with van der Waals surface area (Å²) in [5.41, 5.74) is 0. The van der Waals surface area contributed by atoms with Crippen LogP contribution in [0.2, 0.25) is 0 Å². The molecule has 90 valence electrons. The first kappa shape index (κ1) is 12.9. The van der Waals surface area contributed by atoms with Gasteiger partial charge in [0.05, 0.1) is 19.3 Å². The Labute approximate surface area is 93.5 Å². The predicted octanol–water partition coefficient (Wildman–Crippen LogP) is 1.82. The zero-order valence-corrected chi connectivity index (χ0v) is 10.3. The van der Waals surface area contributed by atoms with Crippen LogP contribution in [0.3, 0.4) is 0 Å². The minimum absolute atomic E-state index is 0.397. The van der Waals surface area contributed by atoms with E-state index in [4.69, 9.17) is 9.47 Å². The molecule has 0 amide bonds. The van der Waals surface area contributed by atoms with Crippen LogP contribution >= 0.6 is 0 Å². The molecule has 0 radical (unpaired) electrons. The van der Waals surface area contributed by atoms with Gasteiger partial charge in [0, 0.05) is 19.2 Å². The minimum Gasteiger partial charge on any atom is -0.379 e. The highest BCUT2D eigenvalue weighted by atomic mass is 16.5. The summed E-state index contributed by atoms with van der Waals surface area (Å²) in [5, 5.41) is 3.51. The van der Waals surface area contributed by atoms with Crippen molar-refractivity contribution in [2.45, 2.75) is 45.8 Å². The van der Waals surface area contributed by atoms with Gasteiger partial charge >= 0.3 is 0 Å². The molecule has 0 aromatic rings. The van der Waals surface area contributed by atoms with Crippen LogP contribution in [0.15, 0.2) is 0 Å². The van der Waals surface area contributed by atoms with E-state index in [9.17, 15) is 0 Å². The molecule has 1 N–H and O–H groups in total. The van der Waals surface area contributed by atoms with E-state index in [1.807, 2.05) is 6.92 Å². The van der Waals surface area contributed by atoms with Gasteiger partial charge < -0.3 is 14.8 Å². The third-order valence-electron chi connectivity index (χ3n) is 2.72. The molecule has 3 heteroatoms. The second-order valence-corrected chi connectivity index (χ2v) is 4.66. The fraction of sp³-hybridized carbons (Fsp3) is 1.00. The molecule has 1 fully saturated rings. The summed E-state index contributed by atoms with van der Waals surface area (Å²) in [4.78, 5) is 0. The summed E-state index contributed by atoms with van der Waals surface area (Å²) >= 11 is 0. The van der Waals surface area contributed by atoms with Gasteiger partial charge in [-0.3, -0.25) is 0 Å². The molecular weight excluding hydrogens is 190 g/mol. The fourth-order valence-corrected chi connectivity index (χ4v) is 2.08. The topological polar surface area (TPSA) is 30.5 Å². The molecule has 0 aliphatic carbocycles. The summed E-state index contributed by atoms with van der Waals surface area (Å²) in [6.45, 7) is 9.79. The molecule has 1 heterocycles. The summed E-state index contributed by atoms with van der Waals surface area (Å²) in [6.07, 6.45) is 2.81. The van der Waals surface area contributed by atoms with Gasteiger partial charge in [0.1, 0.15) is 0 Å². The lowest BCUT2D eigenvalue weighted by Gasteiger charge is -2.13. The van der Waals surface area contributed by atoms with E-state index in [2.05, 4.69) is 19.2 Å². The number of hydrogen-bond donors (Lipinski definition) is 1. The molecule has 0 saturated carbocycles. The Hall–Kier alpha value is -0.120. The lowest BCUT2D eigenvalue weighted by atomic mass is 10.0. The van der Waals surface area contributed by atoms with Crippen LogP contribution in [0, 0.1) is 5.92 Å². The van der Waals surface area contributed by atoms with Gasteiger partial charge in [-0.05, 0) is 25.7 Å². The lowest BCUT2D eigenvalue weighted by molar-refractivity contribution is 0.0151.